The fraction of sp³-hybridized carbons (Fsp3) is 0.533. The standard InChI is InChI=1S/C15H23N3O2/c1-20-14-7-3-2-6-13(14)11-18-15(19)17-10-12-5-4-8-16-9-12/h2-3,6-7,12,16H,4-5,8-11H2,1H3,(H2,17,18,19). The first-order valence-corrected chi connectivity index (χ1v) is 7.14. The van der Waals surface area contributed by atoms with Crippen LogP contribution in [0.2, 0.25) is 0 Å². The number of carbonyl (C=O) groups excluding carboxylic acids is 1. The Kier molecular flexibility index (Phi) is 5.68. The summed E-state index contributed by atoms with van der Waals surface area (Å²) >= 11 is 0. The quantitative estimate of drug-likeness (QED) is 0.764. The molecular formula is C15H23N3O2. The topological polar surface area (TPSA) is 62.4 Å². The lowest BCUT2D eigenvalue weighted by atomic mass is 10.00. The summed E-state index contributed by atoms with van der Waals surface area (Å²) in [7, 11) is 1.63. The van der Waals surface area contributed by atoms with Crippen molar-refractivity contribution in [3.05, 3.63) is 29.8 Å². The van der Waals surface area contributed by atoms with Crippen LogP contribution in [0.25, 0.3) is 0 Å². The van der Waals surface area contributed by atoms with Crippen LogP contribution in [0.1, 0.15) is 18.4 Å². The van der Waals surface area contributed by atoms with E-state index in [2.05, 4.69) is 16.0 Å². The lowest BCUT2D eigenvalue weighted by Crippen LogP contribution is -2.41. The predicted molar refractivity (Wildman–Crippen MR) is 78.8 cm³/mol. The van der Waals surface area contributed by atoms with Gasteiger partial charge in [-0.1, -0.05) is 18.2 Å². The van der Waals surface area contributed by atoms with E-state index >= 15 is 0 Å². The van der Waals surface area contributed by atoms with E-state index in [-0.39, 0.29) is 6.03 Å². The SMILES string of the molecule is COc1ccccc1CNC(=O)NCC1CCCNC1. The average molecular weight is 277 g/mol. The second-order valence-electron chi connectivity index (χ2n) is 5.09. The molecule has 2 amide bonds. The van der Waals surface area contributed by atoms with E-state index in [9.17, 15) is 4.79 Å². The van der Waals surface area contributed by atoms with Gasteiger partial charge in [-0.2, -0.15) is 0 Å². The number of amides is 2. The van der Waals surface area contributed by atoms with Crippen LogP contribution < -0.4 is 20.7 Å². The summed E-state index contributed by atoms with van der Waals surface area (Å²) < 4.78 is 5.25. The van der Waals surface area contributed by atoms with Crippen molar-refractivity contribution in [2.45, 2.75) is 19.4 Å². The zero-order valence-electron chi connectivity index (χ0n) is 11.9. The zero-order valence-corrected chi connectivity index (χ0v) is 11.9. The number of nitrogens with one attached hydrogen (secondary N) is 3. The van der Waals surface area contributed by atoms with Gasteiger partial charge in [-0.05, 0) is 37.9 Å². The Morgan fingerprint density at radius 3 is 3.00 bits per heavy atom. The van der Waals surface area contributed by atoms with Crippen molar-refractivity contribution in [1.29, 1.82) is 0 Å². The van der Waals surface area contributed by atoms with E-state index in [1.807, 2.05) is 24.3 Å². The van der Waals surface area contributed by atoms with Crippen LogP contribution in [-0.2, 0) is 6.54 Å². The van der Waals surface area contributed by atoms with Gasteiger partial charge in [-0.3, -0.25) is 0 Å². The van der Waals surface area contributed by atoms with Crippen molar-refractivity contribution >= 4 is 6.03 Å². The highest BCUT2D eigenvalue weighted by atomic mass is 16.5. The maximum Gasteiger partial charge on any atom is 0.315 e. The summed E-state index contributed by atoms with van der Waals surface area (Å²) in [5, 5.41) is 9.14. The summed E-state index contributed by atoms with van der Waals surface area (Å²) in [5.41, 5.74) is 0.976. The fourth-order valence-corrected chi connectivity index (χ4v) is 2.42. The van der Waals surface area contributed by atoms with Crippen molar-refractivity contribution < 1.29 is 9.53 Å². The van der Waals surface area contributed by atoms with Crippen LogP contribution >= 0.6 is 0 Å². The smallest absolute Gasteiger partial charge is 0.315 e. The second kappa shape index (κ2) is 7.75. The lowest BCUT2D eigenvalue weighted by Gasteiger charge is -2.22. The molecule has 2 rings (SSSR count). The second-order valence-corrected chi connectivity index (χ2v) is 5.09. The first kappa shape index (κ1) is 14.7. The highest BCUT2D eigenvalue weighted by Gasteiger charge is 2.13. The Balaban J connectivity index is 1.71. The summed E-state index contributed by atoms with van der Waals surface area (Å²) in [4.78, 5) is 11.8. The Bertz CT molecular complexity index is 431. The van der Waals surface area contributed by atoms with Crippen LogP contribution in [0.4, 0.5) is 4.79 Å². The molecule has 0 aliphatic carbocycles. The molecule has 0 saturated carbocycles. The number of methoxy groups -OCH3 is 1. The van der Waals surface area contributed by atoms with Gasteiger partial charge in [0.2, 0.25) is 0 Å². The molecule has 3 N–H and O–H groups in total. The maximum absolute atomic E-state index is 11.8. The highest BCUT2D eigenvalue weighted by Crippen LogP contribution is 2.16. The summed E-state index contributed by atoms with van der Waals surface area (Å²) in [6.07, 6.45) is 2.37. The molecule has 1 aromatic carbocycles. The molecule has 1 aliphatic heterocycles. The number of para-hydroxylation sites is 1. The molecule has 0 spiro atoms. The minimum Gasteiger partial charge on any atom is -0.496 e. The average Bonchev–Trinajstić information content (AvgIpc) is 2.52. The number of benzene rings is 1. The van der Waals surface area contributed by atoms with E-state index in [4.69, 9.17) is 4.74 Å². The Labute approximate surface area is 120 Å². The number of hydrogen-bond donors (Lipinski definition) is 3. The molecule has 1 fully saturated rings. The lowest BCUT2D eigenvalue weighted by molar-refractivity contribution is 0.236. The fourth-order valence-electron chi connectivity index (χ4n) is 2.42. The van der Waals surface area contributed by atoms with Crippen molar-refractivity contribution in [2.24, 2.45) is 5.92 Å². The molecule has 0 radical (unpaired) electrons. The third kappa shape index (κ3) is 4.42. The molecule has 0 aromatic heterocycles. The van der Waals surface area contributed by atoms with Gasteiger partial charge < -0.3 is 20.7 Å². The van der Waals surface area contributed by atoms with Gasteiger partial charge in [-0.15, -0.1) is 0 Å². The number of rotatable bonds is 5. The van der Waals surface area contributed by atoms with Gasteiger partial charge in [0.1, 0.15) is 5.75 Å². The van der Waals surface area contributed by atoms with Crippen LogP contribution in [0.3, 0.4) is 0 Å². The molecule has 5 heteroatoms. The van der Waals surface area contributed by atoms with Gasteiger partial charge in [0, 0.05) is 18.7 Å². The third-order valence-corrected chi connectivity index (χ3v) is 3.58. The van der Waals surface area contributed by atoms with E-state index in [0.29, 0.717) is 12.5 Å². The van der Waals surface area contributed by atoms with E-state index < -0.39 is 0 Å². The van der Waals surface area contributed by atoms with Crippen LogP contribution in [0.15, 0.2) is 24.3 Å². The Hall–Kier alpha value is -1.75. The number of ether oxygens (including phenoxy) is 1. The maximum atomic E-state index is 11.8. The molecule has 1 heterocycles. The first-order chi connectivity index (χ1) is 9.79. The summed E-state index contributed by atoms with van der Waals surface area (Å²) in [6.45, 7) is 3.28. The molecule has 1 saturated heterocycles. The number of piperidine rings is 1. The van der Waals surface area contributed by atoms with Gasteiger partial charge in [0.25, 0.3) is 0 Å². The summed E-state index contributed by atoms with van der Waals surface area (Å²) in [6, 6.07) is 7.57. The van der Waals surface area contributed by atoms with E-state index in [1.54, 1.807) is 7.11 Å². The monoisotopic (exact) mass is 277 g/mol. The van der Waals surface area contributed by atoms with Crippen molar-refractivity contribution in [3.63, 3.8) is 0 Å². The van der Waals surface area contributed by atoms with Crippen molar-refractivity contribution in [1.82, 2.24) is 16.0 Å². The minimum atomic E-state index is -0.124. The van der Waals surface area contributed by atoms with Crippen LogP contribution in [0.5, 0.6) is 5.75 Å². The van der Waals surface area contributed by atoms with Crippen molar-refractivity contribution in [3.8, 4) is 5.75 Å². The molecule has 0 bridgehead atoms. The van der Waals surface area contributed by atoms with Crippen LogP contribution in [0, 0.1) is 5.92 Å². The third-order valence-electron chi connectivity index (χ3n) is 3.58. The predicted octanol–water partition coefficient (Wildman–Crippen LogP) is 1.49. The Morgan fingerprint density at radius 2 is 2.25 bits per heavy atom. The largest absolute Gasteiger partial charge is 0.496 e. The van der Waals surface area contributed by atoms with E-state index in [1.165, 1.54) is 12.8 Å². The number of carbonyl (C=O) groups is 1. The van der Waals surface area contributed by atoms with Gasteiger partial charge in [-0.25, -0.2) is 4.79 Å². The summed E-state index contributed by atoms with van der Waals surface area (Å²) in [5.74, 6) is 1.34. The molecule has 1 aliphatic rings. The molecule has 5 nitrogen and oxygen atoms in total. The molecule has 20 heavy (non-hydrogen) atoms. The number of hydrogen-bond acceptors (Lipinski definition) is 3. The molecule has 1 aromatic rings. The Morgan fingerprint density at radius 1 is 1.40 bits per heavy atom. The molecule has 110 valence electrons. The first-order valence-electron chi connectivity index (χ1n) is 7.14. The van der Waals surface area contributed by atoms with Gasteiger partial charge >= 0.3 is 6.03 Å². The van der Waals surface area contributed by atoms with Gasteiger partial charge in [0.15, 0.2) is 0 Å². The molecular weight excluding hydrogens is 254 g/mol. The van der Waals surface area contributed by atoms with Crippen molar-refractivity contribution in [2.75, 3.05) is 26.7 Å². The minimum absolute atomic E-state index is 0.124. The van der Waals surface area contributed by atoms with E-state index in [0.717, 1.165) is 30.9 Å². The molecule has 1 atom stereocenters. The zero-order chi connectivity index (χ0) is 14.2. The molecule has 1 unspecified atom stereocenters. The van der Waals surface area contributed by atoms with Gasteiger partial charge in [0.05, 0.1) is 7.11 Å². The highest BCUT2D eigenvalue weighted by molar-refractivity contribution is 5.73. The normalized spacial score (nSPS) is 18.4. The van der Waals surface area contributed by atoms with Crippen LogP contribution in [-0.4, -0.2) is 32.8 Å². The number of urea groups is 1.